The zero-order valence-corrected chi connectivity index (χ0v) is 11.2. The second-order valence-electron chi connectivity index (χ2n) is 4.01. The quantitative estimate of drug-likeness (QED) is 0.699. The van der Waals surface area contributed by atoms with Crippen LogP contribution in [-0.4, -0.2) is 19.7 Å². The summed E-state index contributed by atoms with van der Waals surface area (Å²) >= 11 is 3.69. The average Bonchev–Trinajstić information content (AvgIpc) is 2.83. The van der Waals surface area contributed by atoms with Gasteiger partial charge in [-0.3, -0.25) is 0 Å². The second-order valence-corrected chi connectivity index (χ2v) is 5.11. The van der Waals surface area contributed by atoms with Gasteiger partial charge >= 0.3 is 0 Å². The molecule has 0 radical (unpaired) electrons. The predicted molar refractivity (Wildman–Crippen MR) is 73.4 cm³/mol. The van der Waals surface area contributed by atoms with Gasteiger partial charge in [0.25, 0.3) is 0 Å². The molecule has 1 atom stereocenters. The fraction of sp³-hybridized carbons (Fsp3) is 0.154. The zero-order valence-electron chi connectivity index (χ0n) is 9.57. The Labute approximate surface area is 113 Å². The number of fused-ring (bicyclic) bond motifs is 1. The standard InChI is InChI=1S/C13H11BrN4/c14-12(10-4-2-1-3-5-10)8-18-13-11(7-17-18)6-15-9-16-13/h1-7,9,12H,8H2. The first-order chi connectivity index (χ1) is 8.84. The number of alkyl halides is 1. The molecular weight excluding hydrogens is 292 g/mol. The van der Waals surface area contributed by atoms with E-state index in [0.717, 1.165) is 17.6 Å². The predicted octanol–water partition coefficient (Wildman–Crippen LogP) is 2.96. The van der Waals surface area contributed by atoms with Crippen molar-refractivity contribution in [1.82, 2.24) is 19.7 Å². The first-order valence-corrected chi connectivity index (χ1v) is 6.57. The molecule has 5 heteroatoms. The Morgan fingerprint density at radius 2 is 2.00 bits per heavy atom. The molecule has 2 heterocycles. The van der Waals surface area contributed by atoms with Crippen LogP contribution in [-0.2, 0) is 6.54 Å². The van der Waals surface area contributed by atoms with Crippen LogP contribution in [0, 0.1) is 0 Å². The van der Waals surface area contributed by atoms with Gasteiger partial charge in [0.15, 0.2) is 5.65 Å². The van der Waals surface area contributed by atoms with Crippen LogP contribution in [0.3, 0.4) is 0 Å². The molecule has 1 unspecified atom stereocenters. The van der Waals surface area contributed by atoms with Crippen molar-refractivity contribution >= 4 is 27.0 Å². The van der Waals surface area contributed by atoms with Crippen LogP contribution in [0.15, 0.2) is 49.1 Å². The summed E-state index contributed by atoms with van der Waals surface area (Å²) in [7, 11) is 0. The van der Waals surface area contributed by atoms with Crippen molar-refractivity contribution in [2.24, 2.45) is 0 Å². The molecule has 0 fully saturated rings. The highest BCUT2D eigenvalue weighted by Crippen LogP contribution is 2.25. The molecule has 0 saturated carbocycles. The smallest absolute Gasteiger partial charge is 0.161 e. The maximum absolute atomic E-state index is 4.34. The lowest BCUT2D eigenvalue weighted by molar-refractivity contribution is 0.626. The van der Waals surface area contributed by atoms with Gasteiger partial charge in [0.1, 0.15) is 6.33 Å². The first kappa shape index (κ1) is 11.3. The average molecular weight is 303 g/mol. The maximum Gasteiger partial charge on any atom is 0.161 e. The summed E-state index contributed by atoms with van der Waals surface area (Å²) in [4.78, 5) is 8.46. The van der Waals surface area contributed by atoms with Crippen molar-refractivity contribution in [3.63, 3.8) is 0 Å². The lowest BCUT2D eigenvalue weighted by Gasteiger charge is -2.10. The topological polar surface area (TPSA) is 43.6 Å². The number of nitrogens with zero attached hydrogens (tertiary/aromatic N) is 4. The largest absolute Gasteiger partial charge is 0.246 e. The van der Waals surface area contributed by atoms with E-state index in [9.17, 15) is 0 Å². The van der Waals surface area contributed by atoms with Crippen LogP contribution >= 0.6 is 15.9 Å². The lowest BCUT2D eigenvalue weighted by Crippen LogP contribution is -2.06. The molecule has 0 spiro atoms. The molecule has 2 aromatic heterocycles. The molecule has 4 nitrogen and oxygen atoms in total. The molecule has 0 bridgehead atoms. The highest BCUT2D eigenvalue weighted by molar-refractivity contribution is 9.09. The fourth-order valence-corrected chi connectivity index (χ4v) is 2.46. The molecule has 18 heavy (non-hydrogen) atoms. The summed E-state index contributed by atoms with van der Waals surface area (Å²) in [5, 5.41) is 5.31. The molecular formula is C13H11BrN4. The van der Waals surface area contributed by atoms with E-state index >= 15 is 0 Å². The SMILES string of the molecule is BrC(Cn1ncc2cncnc21)c1ccccc1. The Hall–Kier alpha value is -1.75. The van der Waals surface area contributed by atoms with E-state index in [4.69, 9.17) is 0 Å². The van der Waals surface area contributed by atoms with Gasteiger partial charge in [0.05, 0.1) is 23.0 Å². The third kappa shape index (κ3) is 2.13. The van der Waals surface area contributed by atoms with E-state index in [1.54, 1.807) is 18.7 Å². The summed E-state index contributed by atoms with van der Waals surface area (Å²) in [6.45, 7) is 0.741. The van der Waals surface area contributed by atoms with Crippen LogP contribution in [0.5, 0.6) is 0 Å². The number of rotatable bonds is 3. The minimum Gasteiger partial charge on any atom is -0.246 e. The van der Waals surface area contributed by atoms with Gasteiger partial charge in [-0.25, -0.2) is 14.6 Å². The van der Waals surface area contributed by atoms with Crippen molar-refractivity contribution in [2.75, 3.05) is 0 Å². The number of benzene rings is 1. The fourth-order valence-electron chi connectivity index (χ4n) is 1.88. The van der Waals surface area contributed by atoms with Crippen molar-refractivity contribution in [3.8, 4) is 0 Å². The van der Waals surface area contributed by atoms with Crippen LogP contribution in [0.1, 0.15) is 10.4 Å². The molecule has 0 aliphatic heterocycles. The molecule has 90 valence electrons. The van der Waals surface area contributed by atoms with Gasteiger partial charge in [-0.2, -0.15) is 5.10 Å². The molecule has 0 aliphatic rings. The summed E-state index contributed by atoms with van der Waals surface area (Å²) in [6.07, 6.45) is 5.11. The van der Waals surface area contributed by atoms with Crippen molar-refractivity contribution in [2.45, 2.75) is 11.4 Å². The van der Waals surface area contributed by atoms with Crippen molar-refractivity contribution < 1.29 is 0 Å². The molecule has 0 saturated heterocycles. The molecule has 0 N–H and O–H groups in total. The first-order valence-electron chi connectivity index (χ1n) is 5.65. The van der Waals surface area contributed by atoms with Gasteiger partial charge in [0, 0.05) is 6.20 Å². The summed E-state index contributed by atoms with van der Waals surface area (Å²) in [5.74, 6) is 0. The minimum atomic E-state index is 0.219. The Kier molecular flexibility index (Phi) is 3.06. The van der Waals surface area contributed by atoms with E-state index < -0.39 is 0 Å². The Morgan fingerprint density at radius 3 is 2.83 bits per heavy atom. The summed E-state index contributed by atoms with van der Waals surface area (Å²) < 4.78 is 1.89. The van der Waals surface area contributed by atoms with Crippen LogP contribution in [0.4, 0.5) is 0 Å². The number of hydrogen-bond acceptors (Lipinski definition) is 3. The lowest BCUT2D eigenvalue weighted by atomic mass is 10.1. The second kappa shape index (κ2) is 4.86. The molecule has 1 aromatic carbocycles. The van der Waals surface area contributed by atoms with Crippen molar-refractivity contribution in [1.29, 1.82) is 0 Å². The normalized spacial score (nSPS) is 12.7. The summed E-state index contributed by atoms with van der Waals surface area (Å²) in [6, 6.07) is 10.3. The maximum atomic E-state index is 4.34. The zero-order chi connectivity index (χ0) is 12.4. The third-order valence-electron chi connectivity index (χ3n) is 2.79. The number of aromatic nitrogens is 4. The van der Waals surface area contributed by atoms with Gasteiger partial charge in [0.2, 0.25) is 0 Å². The van der Waals surface area contributed by atoms with Crippen molar-refractivity contribution in [3.05, 3.63) is 54.6 Å². The van der Waals surface area contributed by atoms with E-state index in [1.165, 1.54) is 5.56 Å². The Morgan fingerprint density at radius 1 is 1.17 bits per heavy atom. The van der Waals surface area contributed by atoms with E-state index in [0.29, 0.717) is 0 Å². The Balaban J connectivity index is 1.89. The van der Waals surface area contributed by atoms with Gasteiger partial charge in [-0.1, -0.05) is 46.3 Å². The Bertz CT molecular complexity index is 650. The molecule has 3 aromatic rings. The third-order valence-corrected chi connectivity index (χ3v) is 3.61. The molecule has 0 aliphatic carbocycles. The van der Waals surface area contributed by atoms with Crippen LogP contribution in [0.2, 0.25) is 0 Å². The van der Waals surface area contributed by atoms with E-state index in [1.807, 2.05) is 22.9 Å². The van der Waals surface area contributed by atoms with Crippen LogP contribution in [0.25, 0.3) is 11.0 Å². The minimum absolute atomic E-state index is 0.219. The highest BCUT2D eigenvalue weighted by Gasteiger charge is 2.11. The van der Waals surface area contributed by atoms with E-state index in [-0.39, 0.29) is 4.83 Å². The van der Waals surface area contributed by atoms with Gasteiger partial charge in [-0.15, -0.1) is 0 Å². The van der Waals surface area contributed by atoms with Crippen LogP contribution < -0.4 is 0 Å². The van der Waals surface area contributed by atoms with E-state index in [2.05, 4.69) is 43.1 Å². The van der Waals surface area contributed by atoms with Gasteiger partial charge in [-0.05, 0) is 5.56 Å². The highest BCUT2D eigenvalue weighted by atomic mass is 79.9. The summed E-state index contributed by atoms with van der Waals surface area (Å²) in [5.41, 5.74) is 2.10. The molecule has 0 amide bonds. The molecule has 3 rings (SSSR count). The number of halogens is 1. The monoisotopic (exact) mass is 302 g/mol. The number of hydrogen-bond donors (Lipinski definition) is 0. The van der Waals surface area contributed by atoms with Gasteiger partial charge < -0.3 is 0 Å².